The van der Waals surface area contributed by atoms with Crippen molar-refractivity contribution in [3.8, 4) is 0 Å². The first-order valence-electron chi connectivity index (χ1n) is 6.33. The number of hydrogen-bond donors (Lipinski definition) is 0. The lowest BCUT2D eigenvalue weighted by Gasteiger charge is -2.09. The van der Waals surface area contributed by atoms with E-state index < -0.39 is 16.7 Å². The molecule has 0 aliphatic carbocycles. The van der Waals surface area contributed by atoms with Gasteiger partial charge in [-0.05, 0) is 37.3 Å². The van der Waals surface area contributed by atoms with E-state index in [0.29, 0.717) is 0 Å². The predicted molar refractivity (Wildman–Crippen MR) is 78.7 cm³/mol. The number of hydrogen-bond acceptors (Lipinski definition) is 4. The van der Waals surface area contributed by atoms with Gasteiger partial charge in [0.05, 0.1) is 15.4 Å². The minimum Gasteiger partial charge on any atom is -0.295 e. The fourth-order valence-electron chi connectivity index (χ4n) is 1.83. The molecule has 0 aliphatic rings. The van der Waals surface area contributed by atoms with Crippen LogP contribution in [0.1, 0.15) is 22.8 Å². The van der Waals surface area contributed by atoms with Gasteiger partial charge < -0.3 is 0 Å². The number of Topliss-reactive ketones (excluding diaryl/α,β-unsaturated/α-hetero) is 1. The summed E-state index contributed by atoms with van der Waals surface area (Å²) >= 11 is 0.840. The first kappa shape index (κ1) is 17.0. The maximum atomic E-state index is 12.7. The van der Waals surface area contributed by atoms with E-state index in [1.54, 1.807) is 0 Å². The lowest BCUT2D eigenvalue weighted by molar-refractivity contribution is -0.387. The fraction of sp³-hybridized carbons (Fsp3) is 0.133. The summed E-state index contributed by atoms with van der Waals surface area (Å²) < 4.78 is 38.1. The van der Waals surface area contributed by atoms with E-state index in [-0.39, 0.29) is 26.8 Å². The molecular formula is C15H10F3NO3S. The molecular weight excluding hydrogens is 331 g/mol. The van der Waals surface area contributed by atoms with Gasteiger partial charge in [-0.2, -0.15) is 13.2 Å². The molecule has 0 spiro atoms. The van der Waals surface area contributed by atoms with E-state index in [1.807, 2.05) is 0 Å². The van der Waals surface area contributed by atoms with Crippen LogP contribution in [0.15, 0.2) is 52.3 Å². The smallest absolute Gasteiger partial charge is 0.295 e. The topological polar surface area (TPSA) is 60.2 Å². The first-order valence-corrected chi connectivity index (χ1v) is 7.14. The standard InChI is InChI=1S/C15H10F3NO3S/c1-9(20)10-5-6-14(13(7-10)19(21)22)23-12-4-2-3-11(8-12)15(16,17)18/h2-8H,1H3. The lowest BCUT2D eigenvalue weighted by Crippen LogP contribution is -2.04. The first-order chi connectivity index (χ1) is 10.7. The van der Waals surface area contributed by atoms with Gasteiger partial charge in [0.2, 0.25) is 0 Å². The third kappa shape index (κ3) is 4.10. The lowest BCUT2D eigenvalue weighted by atomic mass is 10.1. The third-order valence-corrected chi connectivity index (χ3v) is 4.01. The second-order valence-corrected chi connectivity index (χ2v) is 5.74. The highest BCUT2D eigenvalue weighted by Crippen LogP contribution is 2.38. The number of nitro benzene ring substituents is 1. The normalized spacial score (nSPS) is 11.3. The van der Waals surface area contributed by atoms with Crippen molar-refractivity contribution in [3.05, 3.63) is 63.7 Å². The van der Waals surface area contributed by atoms with Crippen LogP contribution in [-0.4, -0.2) is 10.7 Å². The van der Waals surface area contributed by atoms with Crippen LogP contribution < -0.4 is 0 Å². The molecule has 0 atom stereocenters. The summed E-state index contributed by atoms with van der Waals surface area (Å²) in [7, 11) is 0. The molecule has 0 unspecified atom stereocenters. The third-order valence-electron chi connectivity index (χ3n) is 2.95. The van der Waals surface area contributed by atoms with Crippen LogP contribution in [-0.2, 0) is 6.18 Å². The molecule has 23 heavy (non-hydrogen) atoms. The van der Waals surface area contributed by atoms with Crippen LogP contribution in [0.3, 0.4) is 0 Å². The number of halogens is 3. The van der Waals surface area contributed by atoms with Gasteiger partial charge in [0.25, 0.3) is 5.69 Å². The van der Waals surface area contributed by atoms with Gasteiger partial charge in [0.15, 0.2) is 5.78 Å². The highest BCUT2D eigenvalue weighted by atomic mass is 32.2. The second-order valence-electron chi connectivity index (χ2n) is 4.62. The molecule has 120 valence electrons. The van der Waals surface area contributed by atoms with Crippen LogP contribution >= 0.6 is 11.8 Å². The SMILES string of the molecule is CC(=O)c1ccc(Sc2cccc(C(F)(F)F)c2)c([N+](=O)[O-])c1. The molecule has 0 heterocycles. The van der Waals surface area contributed by atoms with Crippen molar-refractivity contribution < 1.29 is 22.9 Å². The summed E-state index contributed by atoms with van der Waals surface area (Å²) in [5.41, 5.74) is -0.976. The summed E-state index contributed by atoms with van der Waals surface area (Å²) in [5, 5.41) is 11.1. The van der Waals surface area contributed by atoms with Gasteiger partial charge >= 0.3 is 6.18 Å². The number of benzene rings is 2. The molecule has 0 saturated heterocycles. The average Bonchev–Trinajstić information content (AvgIpc) is 2.46. The molecule has 0 aliphatic heterocycles. The van der Waals surface area contributed by atoms with Gasteiger partial charge in [-0.3, -0.25) is 14.9 Å². The molecule has 2 aromatic rings. The number of nitrogens with zero attached hydrogens (tertiary/aromatic N) is 1. The molecule has 0 amide bonds. The summed E-state index contributed by atoms with van der Waals surface area (Å²) in [6.07, 6.45) is -4.49. The molecule has 0 bridgehead atoms. The van der Waals surface area contributed by atoms with Gasteiger partial charge in [-0.1, -0.05) is 17.8 Å². The average molecular weight is 341 g/mol. The maximum absolute atomic E-state index is 12.7. The van der Waals surface area contributed by atoms with Crippen LogP contribution in [0.5, 0.6) is 0 Å². The zero-order valence-electron chi connectivity index (χ0n) is 11.8. The van der Waals surface area contributed by atoms with E-state index in [4.69, 9.17) is 0 Å². The summed E-state index contributed by atoms with van der Waals surface area (Å²) in [4.78, 5) is 22.1. The van der Waals surface area contributed by atoms with Crippen LogP contribution in [0.2, 0.25) is 0 Å². The second kappa shape index (κ2) is 6.41. The van der Waals surface area contributed by atoms with Crippen molar-refractivity contribution in [1.29, 1.82) is 0 Å². The molecule has 2 aromatic carbocycles. The van der Waals surface area contributed by atoms with E-state index in [2.05, 4.69) is 0 Å². The highest BCUT2D eigenvalue weighted by molar-refractivity contribution is 7.99. The van der Waals surface area contributed by atoms with Gasteiger partial charge in [0, 0.05) is 16.5 Å². The number of carbonyl (C=O) groups excluding carboxylic acids is 1. The number of ketones is 1. The Morgan fingerprint density at radius 2 is 1.87 bits per heavy atom. The summed E-state index contributed by atoms with van der Waals surface area (Å²) in [6, 6.07) is 8.41. The van der Waals surface area contributed by atoms with Crippen LogP contribution in [0.4, 0.5) is 18.9 Å². The molecule has 0 N–H and O–H groups in total. The minimum atomic E-state index is -4.49. The minimum absolute atomic E-state index is 0.166. The Morgan fingerprint density at radius 3 is 2.43 bits per heavy atom. The van der Waals surface area contributed by atoms with Crippen LogP contribution in [0, 0.1) is 10.1 Å². The summed E-state index contributed by atoms with van der Waals surface area (Å²) in [5.74, 6) is -0.330. The van der Waals surface area contributed by atoms with Crippen molar-refractivity contribution >= 4 is 23.2 Å². The Morgan fingerprint density at radius 1 is 1.17 bits per heavy atom. The van der Waals surface area contributed by atoms with Gasteiger partial charge in [-0.25, -0.2) is 0 Å². The molecule has 2 rings (SSSR count). The highest BCUT2D eigenvalue weighted by Gasteiger charge is 2.30. The Balaban J connectivity index is 2.40. The maximum Gasteiger partial charge on any atom is 0.416 e. The van der Waals surface area contributed by atoms with Crippen molar-refractivity contribution in [1.82, 2.24) is 0 Å². The molecule has 4 nitrogen and oxygen atoms in total. The van der Waals surface area contributed by atoms with Crippen molar-refractivity contribution in [2.45, 2.75) is 22.9 Å². The predicted octanol–water partition coefficient (Wildman–Crippen LogP) is 4.97. The fourth-order valence-corrected chi connectivity index (χ4v) is 2.79. The number of nitro groups is 1. The van der Waals surface area contributed by atoms with Gasteiger partial charge in [-0.15, -0.1) is 0 Å². The Labute approximate surface area is 133 Å². The van der Waals surface area contributed by atoms with Crippen molar-refractivity contribution in [2.75, 3.05) is 0 Å². The van der Waals surface area contributed by atoms with Crippen molar-refractivity contribution in [3.63, 3.8) is 0 Å². The van der Waals surface area contributed by atoms with E-state index in [9.17, 15) is 28.1 Å². The van der Waals surface area contributed by atoms with Crippen LogP contribution in [0.25, 0.3) is 0 Å². The molecule has 0 radical (unpaired) electrons. The van der Waals surface area contributed by atoms with E-state index in [1.165, 1.54) is 31.2 Å². The molecule has 0 fully saturated rings. The zero-order chi connectivity index (χ0) is 17.2. The largest absolute Gasteiger partial charge is 0.416 e. The zero-order valence-corrected chi connectivity index (χ0v) is 12.6. The number of rotatable bonds is 4. The Hall–Kier alpha value is -2.35. The molecule has 8 heteroatoms. The van der Waals surface area contributed by atoms with E-state index >= 15 is 0 Å². The summed E-state index contributed by atoms with van der Waals surface area (Å²) in [6.45, 7) is 1.28. The quantitative estimate of drug-likeness (QED) is 0.448. The Kier molecular flexibility index (Phi) is 4.74. The van der Waals surface area contributed by atoms with Gasteiger partial charge in [0.1, 0.15) is 0 Å². The van der Waals surface area contributed by atoms with Crippen molar-refractivity contribution in [2.24, 2.45) is 0 Å². The monoisotopic (exact) mass is 341 g/mol. The Bertz CT molecular complexity index is 775. The molecule has 0 aromatic heterocycles. The number of alkyl halides is 3. The molecule has 0 saturated carbocycles. The van der Waals surface area contributed by atoms with E-state index in [0.717, 1.165) is 30.0 Å². The number of carbonyl (C=O) groups is 1.